The van der Waals surface area contributed by atoms with Gasteiger partial charge in [0.25, 0.3) is 5.91 Å². The summed E-state index contributed by atoms with van der Waals surface area (Å²) in [6.07, 6.45) is 4.29. The van der Waals surface area contributed by atoms with E-state index in [2.05, 4.69) is 5.32 Å². The molecule has 0 unspecified atom stereocenters. The minimum atomic E-state index is -0.869. The first-order valence-corrected chi connectivity index (χ1v) is 9.39. The number of primary amides is 1. The molecule has 1 aromatic carbocycles. The molecule has 2 fully saturated rings. The summed E-state index contributed by atoms with van der Waals surface area (Å²) in [7, 11) is 0. The van der Waals surface area contributed by atoms with E-state index < -0.39 is 11.4 Å². The van der Waals surface area contributed by atoms with E-state index in [-0.39, 0.29) is 17.7 Å². The molecule has 3 N–H and O–H groups in total. The maximum atomic E-state index is 12.6. The highest BCUT2D eigenvalue weighted by atomic mass is 16.2. The van der Waals surface area contributed by atoms with Gasteiger partial charge < -0.3 is 16.0 Å². The summed E-state index contributed by atoms with van der Waals surface area (Å²) in [6.45, 7) is 3.09. The molecule has 1 saturated heterocycles. The number of carbonyl (C=O) groups excluding carboxylic acids is 3. The standard InChI is InChI=1S/C20H27N3O3/c1-14-4-6-16(7-5-14)18(25)23-12-8-15(9-13-23)17(24)22-20(19(21)26)10-2-3-11-20/h4-7,15H,2-3,8-13H2,1H3,(H2,21,26)(H,22,24). The molecule has 0 atom stereocenters. The lowest BCUT2D eigenvalue weighted by molar-refractivity contribution is -0.134. The van der Waals surface area contributed by atoms with Gasteiger partial charge in [0, 0.05) is 24.6 Å². The lowest BCUT2D eigenvalue weighted by Gasteiger charge is -2.34. The number of hydrogen-bond donors (Lipinski definition) is 2. The van der Waals surface area contributed by atoms with Crippen LogP contribution in [0.5, 0.6) is 0 Å². The highest BCUT2D eigenvalue weighted by Gasteiger charge is 2.42. The largest absolute Gasteiger partial charge is 0.368 e. The summed E-state index contributed by atoms with van der Waals surface area (Å²) in [5, 5.41) is 2.93. The van der Waals surface area contributed by atoms with Crippen molar-refractivity contribution in [3.63, 3.8) is 0 Å². The fourth-order valence-corrected chi connectivity index (χ4v) is 3.97. The summed E-state index contributed by atoms with van der Waals surface area (Å²) >= 11 is 0. The van der Waals surface area contributed by atoms with Crippen LogP contribution < -0.4 is 11.1 Å². The van der Waals surface area contributed by atoms with Crippen molar-refractivity contribution in [1.29, 1.82) is 0 Å². The van der Waals surface area contributed by atoms with E-state index in [0.717, 1.165) is 18.4 Å². The van der Waals surface area contributed by atoms with Gasteiger partial charge in [-0.05, 0) is 44.7 Å². The summed E-state index contributed by atoms with van der Waals surface area (Å²) in [5.74, 6) is -0.703. The van der Waals surface area contributed by atoms with Crippen molar-refractivity contribution in [2.75, 3.05) is 13.1 Å². The molecule has 0 radical (unpaired) electrons. The Balaban J connectivity index is 1.56. The monoisotopic (exact) mass is 357 g/mol. The average Bonchev–Trinajstić information content (AvgIpc) is 3.12. The Hall–Kier alpha value is -2.37. The first kappa shape index (κ1) is 18.4. The zero-order chi connectivity index (χ0) is 18.7. The summed E-state index contributed by atoms with van der Waals surface area (Å²) < 4.78 is 0. The Bertz CT molecular complexity index is 685. The topological polar surface area (TPSA) is 92.5 Å². The summed E-state index contributed by atoms with van der Waals surface area (Å²) in [4.78, 5) is 38.8. The van der Waals surface area contributed by atoms with Crippen LogP contribution in [0.4, 0.5) is 0 Å². The van der Waals surface area contributed by atoms with Crippen molar-refractivity contribution in [3.05, 3.63) is 35.4 Å². The predicted octanol–water partition coefficient (Wildman–Crippen LogP) is 1.76. The number of likely N-dealkylation sites (tertiary alicyclic amines) is 1. The Kier molecular flexibility index (Phi) is 5.30. The quantitative estimate of drug-likeness (QED) is 0.860. The summed E-state index contributed by atoms with van der Waals surface area (Å²) in [6, 6.07) is 7.54. The first-order valence-electron chi connectivity index (χ1n) is 9.39. The van der Waals surface area contributed by atoms with Gasteiger partial charge in [0.15, 0.2) is 0 Å². The number of aryl methyl sites for hydroxylation is 1. The molecule has 140 valence electrons. The van der Waals surface area contributed by atoms with Crippen molar-refractivity contribution in [1.82, 2.24) is 10.2 Å². The number of nitrogens with zero attached hydrogens (tertiary/aromatic N) is 1. The van der Waals surface area contributed by atoms with E-state index in [9.17, 15) is 14.4 Å². The normalized spacial score (nSPS) is 20.0. The molecule has 1 heterocycles. The first-order chi connectivity index (χ1) is 12.4. The van der Waals surface area contributed by atoms with Crippen LogP contribution in [0.2, 0.25) is 0 Å². The highest BCUT2D eigenvalue weighted by Crippen LogP contribution is 2.30. The van der Waals surface area contributed by atoms with Gasteiger partial charge in [-0.25, -0.2) is 0 Å². The fourth-order valence-electron chi connectivity index (χ4n) is 3.97. The van der Waals surface area contributed by atoms with Crippen LogP contribution in [0, 0.1) is 12.8 Å². The molecule has 2 aliphatic rings. The minimum Gasteiger partial charge on any atom is -0.368 e. The number of rotatable bonds is 4. The van der Waals surface area contributed by atoms with Crippen molar-refractivity contribution in [3.8, 4) is 0 Å². The van der Waals surface area contributed by atoms with E-state index in [1.807, 2.05) is 31.2 Å². The van der Waals surface area contributed by atoms with E-state index in [1.165, 1.54) is 0 Å². The minimum absolute atomic E-state index is 0.00765. The lowest BCUT2D eigenvalue weighted by atomic mass is 9.91. The van der Waals surface area contributed by atoms with Crippen LogP contribution >= 0.6 is 0 Å². The number of benzene rings is 1. The number of amides is 3. The van der Waals surface area contributed by atoms with Crippen LogP contribution in [0.25, 0.3) is 0 Å². The van der Waals surface area contributed by atoms with Crippen molar-refractivity contribution < 1.29 is 14.4 Å². The van der Waals surface area contributed by atoms with Crippen LogP contribution in [0.1, 0.15) is 54.4 Å². The molecular weight excluding hydrogens is 330 g/mol. The van der Waals surface area contributed by atoms with Gasteiger partial charge in [-0.3, -0.25) is 14.4 Å². The zero-order valence-corrected chi connectivity index (χ0v) is 15.3. The third kappa shape index (κ3) is 3.74. The number of carbonyl (C=O) groups is 3. The lowest BCUT2D eigenvalue weighted by Crippen LogP contribution is -2.57. The van der Waals surface area contributed by atoms with Crippen molar-refractivity contribution >= 4 is 17.7 Å². The van der Waals surface area contributed by atoms with Gasteiger partial charge in [0.1, 0.15) is 5.54 Å². The Labute approximate surface area is 154 Å². The van der Waals surface area contributed by atoms with Crippen LogP contribution in [0.15, 0.2) is 24.3 Å². The van der Waals surface area contributed by atoms with E-state index >= 15 is 0 Å². The van der Waals surface area contributed by atoms with Crippen LogP contribution in [-0.2, 0) is 9.59 Å². The van der Waals surface area contributed by atoms with Crippen LogP contribution in [-0.4, -0.2) is 41.2 Å². The number of nitrogens with one attached hydrogen (secondary N) is 1. The molecule has 3 amide bonds. The van der Waals surface area contributed by atoms with Gasteiger partial charge in [0.05, 0.1) is 0 Å². The number of piperidine rings is 1. The molecule has 1 aliphatic carbocycles. The molecule has 3 rings (SSSR count). The molecule has 1 aliphatic heterocycles. The Morgan fingerprint density at radius 3 is 2.19 bits per heavy atom. The van der Waals surface area contributed by atoms with Crippen LogP contribution in [0.3, 0.4) is 0 Å². The predicted molar refractivity (Wildman–Crippen MR) is 98.3 cm³/mol. The van der Waals surface area contributed by atoms with E-state index in [0.29, 0.717) is 44.3 Å². The Morgan fingerprint density at radius 2 is 1.65 bits per heavy atom. The van der Waals surface area contributed by atoms with E-state index in [4.69, 9.17) is 5.73 Å². The highest BCUT2D eigenvalue weighted by molar-refractivity contribution is 5.95. The van der Waals surface area contributed by atoms with Crippen molar-refractivity contribution in [2.45, 2.75) is 51.0 Å². The molecule has 0 bridgehead atoms. The van der Waals surface area contributed by atoms with Gasteiger partial charge in [0.2, 0.25) is 11.8 Å². The summed E-state index contributed by atoms with van der Waals surface area (Å²) in [5.41, 5.74) is 6.47. The maximum Gasteiger partial charge on any atom is 0.253 e. The molecular formula is C20H27N3O3. The molecule has 6 nitrogen and oxygen atoms in total. The molecule has 26 heavy (non-hydrogen) atoms. The second kappa shape index (κ2) is 7.48. The third-order valence-electron chi connectivity index (χ3n) is 5.74. The maximum absolute atomic E-state index is 12.6. The van der Waals surface area contributed by atoms with Gasteiger partial charge in [-0.1, -0.05) is 30.5 Å². The zero-order valence-electron chi connectivity index (χ0n) is 15.3. The number of hydrogen-bond acceptors (Lipinski definition) is 3. The fraction of sp³-hybridized carbons (Fsp3) is 0.550. The van der Waals surface area contributed by atoms with Gasteiger partial charge in [-0.15, -0.1) is 0 Å². The van der Waals surface area contributed by atoms with E-state index in [1.54, 1.807) is 4.90 Å². The molecule has 1 aromatic rings. The van der Waals surface area contributed by atoms with Gasteiger partial charge in [-0.2, -0.15) is 0 Å². The molecule has 0 aromatic heterocycles. The average molecular weight is 357 g/mol. The molecule has 0 spiro atoms. The van der Waals surface area contributed by atoms with Gasteiger partial charge >= 0.3 is 0 Å². The third-order valence-corrected chi connectivity index (χ3v) is 5.74. The second-order valence-corrected chi connectivity index (χ2v) is 7.58. The SMILES string of the molecule is Cc1ccc(C(=O)N2CCC(C(=O)NC3(C(N)=O)CCCC3)CC2)cc1. The Morgan fingerprint density at radius 1 is 1.08 bits per heavy atom. The second-order valence-electron chi connectivity index (χ2n) is 7.58. The molecule has 1 saturated carbocycles. The smallest absolute Gasteiger partial charge is 0.253 e. The molecule has 6 heteroatoms. The van der Waals surface area contributed by atoms with Crippen molar-refractivity contribution in [2.24, 2.45) is 11.7 Å². The number of nitrogens with two attached hydrogens (primary N) is 1.